The first-order valence-corrected chi connectivity index (χ1v) is 10.6. The van der Waals surface area contributed by atoms with Crippen LogP contribution in [0.4, 0.5) is 5.69 Å². The van der Waals surface area contributed by atoms with E-state index in [0.717, 1.165) is 24.2 Å². The van der Waals surface area contributed by atoms with E-state index in [1.54, 1.807) is 6.07 Å². The van der Waals surface area contributed by atoms with Gasteiger partial charge in [0.15, 0.2) is 6.10 Å². The number of nitrogens with zero attached hydrogens (tertiary/aromatic N) is 1. The average molecular weight is 411 g/mol. The molecule has 0 unspecified atom stereocenters. The standard InChI is InChI=1S/C24H30N2O4/c1-4-6-15-29-19-13-11-18(12-14-19)17(3)25-23(27)16-26-20-9-7-8-10-22(20)30-21(5-2)24(26)28/h7-14,17,21H,4-6,15-16H2,1-3H3,(H,25,27)/t17-,21-/m0/s1. The van der Waals surface area contributed by atoms with Gasteiger partial charge in [-0.2, -0.15) is 0 Å². The number of nitrogens with one attached hydrogen (secondary N) is 1. The Hall–Kier alpha value is -3.02. The molecule has 1 N–H and O–H groups in total. The molecule has 160 valence electrons. The van der Waals surface area contributed by atoms with Gasteiger partial charge in [-0.15, -0.1) is 0 Å². The monoisotopic (exact) mass is 410 g/mol. The molecule has 6 nitrogen and oxygen atoms in total. The fourth-order valence-corrected chi connectivity index (χ4v) is 3.40. The Bertz CT molecular complexity index is 866. The van der Waals surface area contributed by atoms with Crippen molar-refractivity contribution in [2.24, 2.45) is 0 Å². The highest BCUT2D eigenvalue weighted by Gasteiger charge is 2.34. The lowest BCUT2D eigenvalue weighted by atomic mass is 10.1. The number of hydrogen-bond acceptors (Lipinski definition) is 4. The Morgan fingerprint density at radius 3 is 2.60 bits per heavy atom. The lowest BCUT2D eigenvalue weighted by Gasteiger charge is -2.33. The van der Waals surface area contributed by atoms with E-state index in [1.165, 1.54) is 4.90 Å². The maximum Gasteiger partial charge on any atom is 0.268 e. The van der Waals surface area contributed by atoms with Crippen molar-refractivity contribution in [1.82, 2.24) is 5.32 Å². The van der Waals surface area contributed by atoms with Crippen LogP contribution >= 0.6 is 0 Å². The number of amides is 2. The van der Waals surface area contributed by atoms with Crippen molar-refractivity contribution in [1.29, 1.82) is 0 Å². The Kier molecular flexibility index (Phi) is 7.33. The van der Waals surface area contributed by atoms with Crippen LogP contribution in [0.3, 0.4) is 0 Å². The molecule has 0 saturated carbocycles. The molecule has 2 aromatic carbocycles. The third kappa shape index (κ3) is 5.12. The molecule has 2 amide bonds. The van der Waals surface area contributed by atoms with E-state index in [9.17, 15) is 9.59 Å². The van der Waals surface area contributed by atoms with Crippen molar-refractivity contribution in [3.8, 4) is 11.5 Å². The number of carbonyl (C=O) groups excluding carboxylic acids is 2. The number of para-hydroxylation sites is 2. The average Bonchev–Trinajstić information content (AvgIpc) is 2.76. The van der Waals surface area contributed by atoms with Crippen LogP contribution in [0.5, 0.6) is 11.5 Å². The van der Waals surface area contributed by atoms with Crippen LogP contribution < -0.4 is 19.7 Å². The Balaban J connectivity index is 1.62. The fraction of sp³-hybridized carbons (Fsp3) is 0.417. The zero-order valence-corrected chi connectivity index (χ0v) is 17.9. The van der Waals surface area contributed by atoms with Gasteiger partial charge in [0, 0.05) is 0 Å². The molecule has 0 radical (unpaired) electrons. The topological polar surface area (TPSA) is 67.9 Å². The smallest absolute Gasteiger partial charge is 0.268 e. The normalized spacial score (nSPS) is 16.4. The minimum absolute atomic E-state index is 0.0434. The maximum absolute atomic E-state index is 12.8. The molecule has 3 rings (SSSR count). The second-order valence-electron chi connectivity index (χ2n) is 7.47. The van der Waals surface area contributed by atoms with E-state index in [0.29, 0.717) is 24.5 Å². The quantitative estimate of drug-likeness (QED) is 0.628. The molecule has 1 heterocycles. The summed E-state index contributed by atoms with van der Waals surface area (Å²) >= 11 is 0. The summed E-state index contributed by atoms with van der Waals surface area (Å²) in [7, 11) is 0. The van der Waals surface area contributed by atoms with Gasteiger partial charge in [0.2, 0.25) is 5.91 Å². The molecule has 30 heavy (non-hydrogen) atoms. The Morgan fingerprint density at radius 2 is 1.90 bits per heavy atom. The van der Waals surface area contributed by atoms with Crippen molar-refractivity contribution in [3.05, 3.63) is 54.1 Å². The van der Waals surface area contributed by atoms with Crippen LogP contribution in [0.15, 0.2) is 48.5 Å². The lowest BCUT2D eigenvalue weighted by molar-refractivity contribution is -0.129. The molecular weight excluding hydrogens is 380 g/mol. The fourth-order valence-electron chi connectivity index (χ4n) is 3.40. The van der Waals surface area contributed by atoms with Crippen LogP contribution in [0.1, 0.15) is 51.6 Å². The zero-order valence-electron chi connectivity index (χ0n) is 17.9. The van der Waals surface area contributed by atoms with Gasteiger partial charge in [0.05, 0.1) is 18.3 Å². The van der Waals surface area contributed by atoms with E-state index in [1.807, 2.05) is 56.3 Å². The van der Waals surface area contributed by atoms with Crippen LogP contribution in [0.2, 0.25) is 0 Å². The molecule has 2 aromatic rings. The first-order chi connectivity index (χ1) is 14.5. The third-order valence-corrected chi connectivity index (χ3v) is 5.16. The summed E-state index contributed by atoms with van der Waals surface area (Å²) in [6.07, 6.45) is 2.10. The number of rotatable bonds is 9. The molecule has 6 heteroatoms. The first kappa shape index (κ1) is 21.7. The third-order valence-electron chi connectivity index (χ3n) is 5.16. The van der Waals surface area contributed by atoms with E-state index in [2.05, 4.69) is 12.2 Å². The van der Waals surface area contributed by atoms with Gasteiger partial charge in [0.1, 0.15) is 18.0 Å². The zero-order chi connectivity index (χ0) is 21.5. The molecule has 0 saturated heterocycles. The summed E-state index contributed by atoms with van der Waals surface area (Å²) in [4.78, 5) is 27.0. The SMILES string of the molecule is CCCCOc1ccc([C@H](C)NC(=O)CN2C(=O)[C@H](CC)Oc3ccccc32)cc1. The largest absolute Gasteiger partial charge is 0.494 e. The molecule has 0 spiro atoms. The minimum atomic E-state index is -0.564. The van der Waals surface area contributed by atoms with E-state index >= 15 is 0 Å². The summed E-state index contributed by atoms with van der Waals surface area (Å²) in [5, 5.41) is 2.98. The van der Waals surface area contributed by atoms with Crippen LogP contribution in [0, 0.1) is 0 Å². The second kappa shape index (κ2) is 10.1. The van der Waals surface area contributed by atoms with Gasteiger partial charge in [-0.05, 0) is 49.6 Å². The highest BCUT2D eigenvalue weighted by molar-refractivity contribution is 6.03. The number of hydrogen-bond donors (Lipinski definition) is 1. The molecule has 0 aliphatic carbocycles. The second-order valence-corrected chi connectivity index (χ2v) is 7.47. The van der Waals surface area contributed by atoms with E-state index < -0.39 is 6.10 Å². The Morgan fingerprint density at radius 1 is 1.17 bits per heavy atom. The van der Waals surface area contributed by atoms with Crippen LogP contribution in [-0.4, -0.2) is 31.1 Å². The van der Waals surface area contributed by atoms with Crippen molar-refractivity contribution in [3.63, 3.8) is 0 Å². The number of fused-ring (bicyclic) bond motifs is 1. The first-order valence-electron chi connectivity index (χ1n) is 10.6. The number of carbonyl (C=O) groups is 2. The highest BCUT2D eigenvalue weighted by Crippen LogP contribution is 2.34. The molecular formula is C24H30N2O4. The number of ether oxygens (including phenoxy) is 2. The molecule has 1 aliphatic rings. The summed E-state index contributed by atoms with van der Waals surface area (Å²) in [6.45, 7) is 6.61. The van der Waals surface area contributed by atoms with Gasteiger partial charge in [0.25, 0.3) is 5.91 Å². The van der Waals surface area contributed by atoms with Crippen LogP contribution in [-0.2, 0) is 9.59 Å². The van der Waals surface area contributed by atoms with Gasteiger partial charge < -0.3 is 14.8 Å². The summed E-state index contributed by atoms with van der Waals surface area (Å²) in [5.41, 5.74) is 1.61. The van der Waals surface area contributed by atoms with E-state index in [-0.39, 0.29) is 24.4 Å². The van der Waals surface area contributed by atoms with Crippen molar-refractivity contribution < 1.29 is 19.1 Å². The van der Waals surface area contributed by atoms with Crippen molar-refractivity contribution in [2.45, 2.75) is 52.2 Å². The molecule has 0 fully saturated rings. The van der Waals surface area contributed by atoms with E-state index in [4.69, 9.17) is 9.47 Å². The minimum Gasteiger partial charge on any atom is -0.494 e. The highest BCUT2D eigenvalue weighted by atomic mass is 16.5. The predicted octanol–water partition coefficient (Wildman–Crippen LogP) is 4.25. The number of benzene rings is 2. The number of unbranched alkanes of at least 4 members (excludes halogenated alkanes) is 1. The van der Waals surface area contributed by atoms with Gasteiger partial charge >= 0.3 is 0 Å². The summed E-state index contributed by atoms with van der Waals surface area (Å²) < 4.78 is 11.5. The van der Waals surface area contributed by atoms with Gasteiger partial charge in [-0.3, -0.25) is 14.5 Å². The van der Waals surface area contributed by atoms with Gasteiger partial charge in [-0.1, -0.05) is 44.5 Å². The molecule has 0 bridgehead atoms. The molecule has 2 atom stereocenters. The maximum atomic E-state index is 12.8. The van der Waals surface area contributed by atoms with Crippen molar-refractivity contribution >= 4 is 17.5 Å². The van der Waals surface area contributed by atoms with Crippen LogP contribution in [0.25, 0.3) is 0 Å². The summed E-state index contributed by atoms with van der Waals surface area (Å²) in [6, 6.07) is 14.9. The van der Waals surface area contributed by atoms with Crippen molar-refractivity contribution in [2.75, 3.05) is 18.1 Å². The summed E-state index contributed by atoms with van der Waals surface area (Å²) in [5.74, 6) is 1.05. The molecule has 1 aliphatic heterocycles. The Labute approximate surface area is 178 Å². The predicted molar refractivity (Wildman–Crippen MR) is 117 cm³/mol. The molecule has 0 aromatic heterocycles. The van der Waals surface area contributed by atoms with Gasteiger partial charge in [-0.25, -0.2) is 0 Å². The lowest BCUT2D eigenvalue weighted by Crippen LogP contribution is -2.49. The number of anilines is 1.